The summed E-state index contributed by atoms with van der Waals surface area (Å²) in [5.41, 5.74) is 4.70. The van der Waals surface area contributed by atoms with E-state index < -0.39 is 6.29 Å². The van der Waals surface area contributed by atoms with E-state index in [1.54, 1.807) is 12.1 Å². The van der Waals surface area contributed by atoms with Gasteiger partial charge >= 0.3 is 0 Å². The molecule has 2 aromatic rings. The van der Waals surface area contributed by atoms with Crippen LogP contribution in [0.4, 0.5) is 0 Å². The lowest BCUT2D eigenvalue weighted by Crippen LogP contribution is -2.19. The summed E-state index contributed by atoms with van der Waals surface area (Å²) < 4.78 is 17.2. The molecule has 4 heteroatoms. The fourth-order valence-corrected chi connectivity index (χ4v) is 3.35. The van der Waals surface area contributed by atoms with Gasteiger partial charge in [0.1, 0.15) is 18.1 Å². The van der Waals surface area contributed by atoms with Gasteiger partial charge in [-0.25, -0.2) is 0 Å². The highest BCUT2D eigenvalue weighted by Crippen LogP contribution is 2.34. The molecule has 0 aliphatic carbocycles. The van der Waals surface area contributed by atoms with E-state index in [0.29, 0.717) is 25.6 Å². The Kier molecular flexibility index (Phi) is 6.25. The molecule has 1 fully saturated rings. The van der Waals surface area contributed by atoms with Gasteiger partial charge in [-0.1, -0.05) is 59.7 Å². The second-order valence-corrected chi connectivity index (χ2v) is 9.53. The molecule has 2 aromatic carbocycles. The molecule has 3 rings (SSSR count). The van der Waals surface area contributed by atoms with E-state index in [1.165, 1.54) is 11.1 Å². The summed E-state index contributed by atoms with van der Waals surface area (Å²) in [4.78, 5) is 0. The molecule has 0 radical (unpaired) electrons. The Hall–Kier alpha value is -2.04. The normalized spacial score (nSPS) is 15.7. The van der Waals surface area contributed by atoms with Crippen LogP contribution in [0, 0.1) is 0 Å². The van der Waals surface area contributed by atoms with Gasteiger partial charge in [-0.15, -0.1) is 0 Å². The number of aromatic hydroxyl groups is 1. The number of benzene rings is 2. The summed E-state index contributed by atoms with van der Waals surface area (Å²) in [7, 11) is 0. The Balaban J connectivity index is 1.85. The van der Waals surface area contributed by atoms with Crippen LogP contribution in [0.2, 0.25) is 0 Å². The molecular formula is C25H34O4. The van der Waals surface area contributed by atoms with Gasteiger partial charge in [0.2, 0.25) is 0 Å². The molecule has 1 aliphatic heterocycles. The number of ether oxygens (including phenoxy) is 3. The summed E-state index contributed by atoms with van der Waals surface area (Å²) in [6, 6.07) is 12.0. The van der Waals surface area contributed by atoms with Crippen LogP contribution >= 0.6 is 0 Å². The Morgan fingerprint density at radius 3 is 2.21 bits per heavy atom. The predicted octanol–water partition coefficient (Wildman–Crippen LogP) is 6.00. The van der Waals surface area contributed by atoms with Crippen molar-refractivity contribution in [2.75, 3.05) is 13.2 Å². The quantitative estimate of drug-likeness (QED) is 0.648. The molecule has 1 aliphatic rings. The van der Waals surface area contributed by atoms with Gasteiger partial charge in [0.15, 0.2) is 6.29 Å². The average Bonchev–Trinajstić information content (AvgIpc) is 3.20. The zero-order valence-electron chi connectivity index (χ0n) is 18.5. The van der Waals surface area contributed by atoms with Crippen molar-refractivity contribution in [3.8, 4) is 11.5 Å². The first-order chi connectivity index (χ1) is 13.6. The van der Waals surface area contributed by atoms with Gasteiger partial charge in [-0.2, -0.15) is 0 Å². The molecule has 1 heterocycles. The number of phenols is 1. The first kappa shape index (κ1) is 21.7. The maximum absolute atomic E-state index is 10.1. The number of phenolic OH excluding ortho intramolecular Hbond substituents is 1. The van der Waals surface area contributed by atoms with Crippen LogP contribution in [-0.4, -0.2) is 18.3 Å². The number of rotatable bonds is 6. The van der Waals surface area contributed by atoms with Crippen LogP contribution in [0.3, 0.4) is 0 Å². The maximum atomic E-state index is 10.1. The van der Waals surface area contributed by atoms with Crippen molar-refractivity contribution >= 4 is 0 Å². The van der Waals surface area contributed by atoms with Crippen molar-refractivity contribution in [3.05, 3.63) is 58.7 Å². The van der Waals surface area contributed by atoms with Crippen molar-refractivity contribution in [1.29, 1.82) is 0 Å². The number of hydrogen-bond acceptors (Lipinski definition) is 4. The summed E-state index contributed by atoms with van der Waals surface area (Å²) in [5, 5.41) is 10.1. The highest BCUT2D eigenvalue weighted by molar-refractivity contribution is 5.40. The number of hydrogen-bond donors (Lipinski definition) is 1. The Morgan fingerprint density at radius 2 is 1.59 bits per heavy atom. The van der Waals surface area contributed by atoms with E-state index in [1.807, 2.05) is 6.07 Å². The predicted molar refractivity (Wildman–Crippen MR) is 116 cm³/mol. The molecule has 0 spiro atoms. The summed E-state index contributed by atoms with van der Waals surface area (Å²) >= 11 is 0. The van der Waals surface area contributed by atoms with Gasteiger partial charge in [-0.05, 0) is 46.1 Å². The van der Waals surface area contributed by atoms with E-state index in [9.17, 15) is 5.11 Å². The third-order valence-electron chi connectivity index (χ3n) is 5.74. The van der Waals surface area contributed by atoms with Crippen LogP contribution in [0.5, 0.6) is 11.5 Å². The van der Waals surface area contributed by atoms with Crippen molar-refractivity contribution < 1.29 is 19.3 Å². The fraction of sp³-hybridized carbons (Fsp3) is 0.520. The molecule has 0 saturated carbocycles. The van der Waals surface area contributed by atoms with E-state index in [-0.39, 0.29) is 16.6 Å². The van der Waals surface area contributed by atoms with E-state index >= 15 is 0 Å². The largest absolute Gasteiger partial charge is 0.508 e. The van der Waals surface area contributed by atoms with Gasteiger partial charge < -0.3 is 19.3 Å². The minimum atomic E-state index is -0.439. The van der Waals surface area contributed by atoms with E-state index in [0.717, 1.165) is 17.5 Å². The monoisotopic (exact) mass is 398 g/mol. The first-order valence-corrected chi connectivity index (χ1v) is 10.4. The van der Waals surface area contributed by atoms with Crippen LogP contribution in [0.1, 0.15) is 76.5 Å². The second kappa shape index (κ2) is 8.37. The fourth-order valence-electron chi connectivity index (χ4n) is 3.35. The van der Waals surface area contributed by atoms with Crippen molar-refractivity contribution in [1.82, 2.24) is 0 Å². The summed E-state index contributed by atoms with van der Waals surface area (Å²) in [6.07, 6.45) is 0.628. The molecule has 158 valence electrons. The molecule has 29 heavy (non-hydrogen) atoms. The second-order valence-electron chi connectivity index (χ2n) is 9.53. The molecular weight excluding hydrogens is 364 g/mol. The SMILES string of the molecule is CCC(C)(C)c1cc(COc2cc(O)cc(C3OCCO3)c2)cc(C(C)(C)C)c1. The summed E-state index contributed by atoms with van der Waals surface area (Å²) in [6.45, 7) is 15.0. The zero-order chi connectivity index (χ0) is 21.2. The summed E-state index contributed by atoms with van der Waals surface area (Å²) in [5.74, 6) is 0.754. The molecule has 0 bridgehead atoms. The highest BCUT2D eigenvalue weighted by Gasteiger charge is 2.23. The van der Waals surface area contributed by atoms with E-state index in [2.05, 4.69) is 59.7 Å². The van der Waals surface area contributed by atoms with E-state index in [4.69, 9.17) is 14.2 Å². The minimum Gasteiger partial charge on any atom is -0.508 e. The Bertz CT molecular complexity index is 842. The van der Waals surface area contributed by atoms with Gasteiger partial charge in [0.05, 0.1) is 13.2 Å². The molecule has 4 nitrogen and oxygen atoms in total. The van der Waals surface area contributed by atoms with Crippen LogP contribution < -0.4 is 4.74 Å². The molecule has 0 amide bonds. The lowest BCUT2D eigenvalue weighted by atomic mass is 9.77. The van der Waals surface area contributed by atoms with Crippen molar-refractivity contribution in [2.24, 2.45) is 0 Å². The van der Waals surface area contributed by atoms with Crippen molar-refractivity contribution in [3.63, 3.8) is 0 Å². The highest BCUT2D eigenvalue weighted by atomic mass is 16.7. The van der Waals surface area contributed by atoms with Crippen LogP contribution in [0.15, 0.2) is 36.4 Å². The van der Waals surface area contributed by atoms with Gasteiger partial charge in [0, 0.05) is 11.6 Å². The topological polar surface area (TPSA) is 47.9 Å². The molecule has 1 saturated heterocycles. The molecule has 0 aromatic heterocycles. The minimum absolute atomic E-state index is 0.0594. The smallest absolute Gasteiger partial charge is 0.184 e. The molecule has 0 unspecified atom stereocenters. The average molecular weight is 399 g/mol. The van der Waals surface area contributed by atoms with Crippen LogP contribution in [-0.2, 0) is 26.9 Å². The standard InChI is InChI=1S/C25H34O4/c1-7-25(5,6)20-11-17(10-19(14-20)24(2,3)4)16-29-22-13-18(12-21(26)15-22)23-27-8-9-28-23/h10-15,23,26H,7-9,16H2,1-6H3. The molecule has 1 N–H and O–H groups in total. The van der Waals surface area contributed by atoms with Crippen molar-refractivity contribution in [2.45, 2.75) is 71.7 Å². The molecule has 0 atom stereocenters. The Morgan fingerprint density at radius 1 is 0.931 bits per heavy atom. The third kappa shape index (κ3) is 5.31. The lowest BCUT2D eigenvalue weighted by Gasteiger charge is -2.28. The Labute approximate surface area is 174 Å². The van der Waals surface area contributed by atoms with Gasteiger partial charge in [0.25, 0.3) is 0 Å². The zero-order valence-corrected chi connectivity index (χ0v) is 18.5. The third-order valence-corrected chi connectivity index (χ3v) is 5.74. The van der Waals surface area contributed by atoms with Gasteiger partial charge in [-0.3, -0.25) is 0 Å². The first-order valence-electron chi connectivity index (χ1n) is 10.4. The maximum Gasteiger partial charge on any atom is 0.184 e. The lowest BCUT2D eigenvalue weighted by molar-refractivity contribution is -0.0443. The van der Waals surface area contributed by atoms with Crippen LogP contribution in [0.25, 0.3) is 0 Å².